The van der Waals surface area contributed by atoms with Crippen molar-refractivity contribution in [1.29, 1.82) is 0 Å². The van der Waals surface area contributed by atoms with Crippen LogP contribution >= 0.6 is 11.6 Å². The number of esters is 1. The minimum Gasteiger partial charge on any atom is -0.460 e. The minimum absolute atomic E-state index is 0.148. The Labute approximate surface area is 154 Å². The molecule has 0 bridgehead atoms. The van der Waals surface area contributed by atoms with Crippen LogP contribution in [0, 0.1) is 0 Å². The first-order chi connectivity index (χ1) is 12.2. The highest BCUT2D eigenvalue weighted by Crippen LogP contribution is 2.43. The average molecular weight is 358 g/mol. The van der Waals surface area contributed by atoms with Gasteiger partial charge in [0.25, 0.3) is 0 Å². The first kappa shape index (κ1) is 18.0. The molecule has 1 N–H and O–H groups in total. The van der Waals surface area contributed by atoms with Gasteiger partial charge >= 0.3 is 5.97 Å². The summed E-state index contributed by atoms with van der Waals surface area (Å²) in [6.45, 7) is 2.74. The largest absolute Gasteiger partial charge is 0.460 e. The van der Waals surface area contributed by atoms with Gasteiger partial charge in [0.2, 0.25) is 0 Å². The van der Waals surface area contributed by atoms with Crippen LogP contribution in [-0.4, -0.2) is 30.5 Å². The van der Waals surface area contributed by atoms with Crippen LogP contribution < -0.4 is 5.32 Å². The Hall–Kier alpha value is -1.84. The summed E-state index contributed by atoms with van der Waals surface area (Å²) in [4.78, 5) is 13.0. The molecule has 1 aliphatic heterocycles. The van der Waals surface area contributed by atoms with Crippen LogP contribution in [-0.2, 0) is 14.9 Å². The van der Waals surface area contributed by atoms with Crippen LogP contribution in [0.3, 0.4) is 0 Å². The molecule has 2 atom stereocenters. The summed E-state index contributed by atoms with van der Waals surface area (Å²) in [6, 6.07) is 20.2. The number of benzene rings is 2. The standard InChI is InChI=1S/C21H24ClNO2/c1-16(12-13-22)23-15-19-14-21(20(24)25-19,17-8-4-2-5-9-17)18-10-6-3-7-11-18/h2-11,16,19,23H,12-15H2,1H3. The Morgan fingerprint density at radius 3 is 2.20 bits per heavy atom. The van der Waals surface area contributed by atoms with E-state index < -0.39 is 5.41 Å². The summed E-state index contributed by atoms with van der Waals surface area (Å²) in [5, 5.41) is 3.43. The van der Waals surface area contributed by atoms with Gasteiger partial charge in [-0.15, -0.1) is 11.6 Å². The zero-order chi connectivity index (χ0) is 17.7. The number of rotatable bonds is 7. The molecule has 0 aliphatic carbocycles. The first-order valence-corrected chi connectivity index (χ1v) is 9.31. The van der Waals surface area contributed by atoms with Crippen molar-refractivity contribution in [1.82, 2.24) is 5.32 Å². The summed E-state index contributed by atoms with van der Waals surface area (Å²) < 4.78 is 5.78. The van der Waals surface area contributed by atoms with Crippen molar-refractivity contribution < 1.29 is 9.53 Å². The summed E-state index contributed by atoms with van der Waals surface area (Å²) in [5.74, 6) is 0.457. The first-order valence-electron chi connectivity index (χ1n) is 8.78. The van der Waals surface area contributed by atoms with Crippen LogP contribution in [0.25, 0.3) is 0 Å². The summed E-state index contributed by atoms with van der Waals surface area (Å²) in [5.41, 5.74) is 1.25. The second kappa shape index (κ2) is 8.03. The van der Waals surface area contributed by atoms with Gasteiger partial charge in [0.1, 0.15) is 11.5 Å². The number of nitrogens with one attached hydrogen (secondary N) is 1. The van der Waals surface area contributed by atoms with Gasteiger partial charge in [0.05, 0.1) is 0 Å². The fraction of sp³-hybridized carbons (Fsp3) is 0.381. The Morgan fingerprint density at radius 2 is 1.68 bits per heavy atom. The van der Waals surface area contributed by atoms with Crippen LogP contribution in [0.2, 0.25) is 0 Å². The number of hydrogen-bond acceptors (Lipinski definition) is 3. The van der Waals surface area contributed by atoms with E-state index in [4.69, 9.17) is 16.3 Å². The zero-order valence-electron chi connectivity index (χ0n) is 14.5. The molecule has 3 nitrogen and oxygen atoms in total. The Kier molecular flexibility index (Phi) is 5.77. The Balaban J connectivity index is 1.87. The second-order valence-corrected chi connectivity index (χ2v) is 7.03. The molecular weight excluding hydrogens is 334 g/mol. The van der Waals surface area contributed by atoms with Gasteiger partial charge in [-0.05, 0) is 24.5 Å². The molecule has 0 aromatic heterocycles. The predicted octanol–water partition coefficient (Wildman–Crippen LogP) is 3.90. The molecule has 3 rings (SSSR count). The summed E-state index contributed by atoms with van der Waals surface area (Å²) >= 11 is 5.79. The molecule has 0 spiro atoms. The van der Waals surface area contributed by atoms with Gasteiger partial charge in [0, 0.05) is 24.9 Å². The van der Waals surface area contributed by atoms with E-state index in [1.807, 2.05) is 60.7 Å². The molecule has 1 fully saturated rings. The van der Waals surface area contributed by atoms with Gasteiger partial charge in [-0.2, -0.15) is 0 Å². The highest BCUT2D eigenvalue weighted by molar-refractivity contribution is 6.17. The maximum atomic E-state index is 13.0. The SMILES string of the molecule is CC(CCCl)NCC1CC(c2ccccc2)(c2ccccc2)C(=O)O1. The fourth-order valence-corrected chi connectivity index (χ4v) is 3.84. The number of cyclic esters (lactones) is 1. The van der Waals surface area contributed by atoms with Crippen molar-refractivity contribution in [3.63, 3.8) is 0 Å². The van der Waals surface area contributed by atoms with E-state index in [1.165, 1.54) is 0 Å². The zero-order valence-corrected chi connectivity index (χ0v) is 15.2. The summed E-state index contributed by atoms with van der Waals surface area (Å²) in [6.07, 6.45) is 1.39. The van der Waals surface area contributed by atoms with Crippen LogP contribution in [0.15, 0.2) is 60.7 Å². The molecule has 1 heterocycles. The highest BCUT2D eigenvalue weighted by Gasteiger charge is 2.51. The second-order valence-electron chi connectivity index (χ2n) is 6.66. The number of hydrogen-bond donors (Lipinski definition) is 1. The maximum Gasteiger partial charge on any atom is 0.321 e. The van der Waals surface area contributed by atoms with Crippen molar-refractivity contribution in [2.45, 2.75) is 37.3 Å². The van der Waals surface area contributed by atoms with Gasteiger partial charge < -0.3 is 10.1 Å². The summed E-state index contributed by atoms with van der Waals surface area (Å²) in [7, 11) is 0. The van der Waals surface area contributed by atoms with Crippen molar-refractivity contribution in [2.75, 3.05) is 12.4 Å². The van der Waals surface area contributed by atoms with Crippen LogP contribution in [0.5, 0.6) is 0 Å². The van der Waals surface area contributed by atoms with E-state index in [2.05, 4.69) is 12.2 Å². The number of carbonyl (C=O) groups excluding carboxylic acids is 1. The van der Waals surface area contributed by atoms with Crippen molar-refractivity contribution in [2.24, 2.45) is 0 Å². The van der Waals surface area contributed by atoms with E-state index in [0.29, 0.717) is 24.9 Å². The molecule has 2 unspecified atom stereocenters. The lowest BCUT2D eigenvalue weighted by Gasteiger charge is -2.26. The predicted molar refractivity (Wildman–Crippen MR) is 101 cm³/mol. The molecule has 0 amide bonds. The molecule has 4 heteroatoms. The monoisotopic (exact) mass is 357 g/mol. The normalized spacial score (nSPS) is 20.2. The lowest BCUT2D eigenvalue weighted by Crippen LogP contribution is -2.35. The maximum absolute atomic E-state index is 13.0. The van der Waals surface area contributed by atoms with E-state index in [1.54, 1.807) is 0 Å². The number of alkyl halides is 1. The van der Waals surface area contributed by atoms with Gasteiger partial charge in [-0.1, -0.05) is 60.7 Å². The minimum atomic E-state index is -0.732. The van der Waals surface area contributed by atoms with E-state index in [0.717, 1.165) is 17.5 Å². The van der Waals surface area contributed by atoms with Crippen molar-refractivity contribution in [3.05, 3.63) is 71.8 Å². The molecule has 1 aliphatic rings. The average Bonchev–Trinajstić information content (AvgIpc) is 2.99. The van der Waals surface area contributed by atoms with Gasteiger partial charge in [-0.25, -0.2) is 0 Å². The van der Waals surface area contributed by atoms with Crippen LogP contribution in [0.4, 0.5) is 0 Å². The highest BCUT2D eigenvalue weighted by atomic mass is 35.5. The third kappa shape index (κ3) is 3.73. The molecule has 0 saturated carbocycles. The molecule has 0 radical (unpaired) electrons. The molecule has 132 valence electrons. The molecule has 2 aromatic carbocycles. The fourth-order valence-electron chi connectivity index (χ4n) is 3.51. The van der Waals surface area contributed by atoms with Crippen molar-refractivity contribution in [3.8, 4) is 0 Å². The molecule has 2 aromatic rings. The molecule has 25 heavy (non-hydrogen) atoms. The Bertz CT molecular complexity index is 650. The number of halogens is 1. The topological polar surface area (TPSA) is 38.3 Å². The number of carbonyl (C=O) groups is 1. The lowest BCUT2D eigenvalue weighted by atomic mass is 9.72. The van der Waals surface area contributed by atoms with E-state index in [9.17, 15) is 4.79 Å². The van der Waals surface area contributed by atoms with E-state index in [-0.39, 0.29) is 12.1 Å². The van der Waals surface area contributed by atoms with Crippen molar-refractivity contribution >= 4 is 17.6 Å². The third-order valence-corrected chi connectivity index (χ3v) is 5.14. The smallest absolute Gasteiger partial charge is 0.321 e. The molecule has 1 saturated heterocycles. The third-order valence-electron chi connectivity index (χ3n) is 4.93. The number of ether oxygens (including phenoxy) is 1. The quantitative estimate of drug-likeness (QED) is 0.603. The lowest BCUT2D eigenvalue weighted by molar-refractivity contribution is -0.144. The van der Waals surface area contributed by atoms with Gasteiger partial charge in [-0.3, -0.25) is 4.79 Å². The van der Waals surface area contributed by atoms with Crippen LogP contribution in [0.1, 0.15) is 30.9 Å². The Morgan fingerprint density at radius 1 is 1.12 bits per heavy atom. The molecular formula is C21H24ClNO2. The van der Waals surface area contributed by atoms with Gasteiger partial charge in [0.15, 0.2) is 0 Å². The van der Waals surface area contributed by atoms with E-state index >= 15 is 0 Å².